The fourth-order valence-corrected chi connectivity index (χ4v) is 1.58. The molecule has 2 rings (SSSR count). The zero-order chi connectivity index (χ0) is 13.1. The van der Waals surface area contributed by atoms with Crippen molar-refractivity contribution in [2.45, 2.75) is 6.43 Å². The van der Waals surface area contributed by atoms with Crippen LogP contribution >= 0.6 is 11.6 Å². The number of alkyl halides is 2. The van der Waals surface area contributed by atoms with Gasteiger partial charge in [-0.05, 0) is 24.3 Å². The number of carbonyl (C=O) groups is 1. The number of carbonyl (C=O) groups excluding carboxylic acids is 1. The summed E-state index contributed by atoms with van der Waals surface area (Å²) >= 11 is 5.77. The van der Waals surface area contributed by atoms with E-state index in [4.69, 9.17) is 11.6 Å². The van der Waals surface area contributed by atoms with E-state index in [2.05, 4.69) is 10.4 Å². The van der Waals surface area contributed by atoms with Gasteiger partial charge in [-0.15, -0.1) is 0 Å². The zero-order valence-corrected chi connectivity index (χ0v) is 9.73. The lowest BCUT2D eigenvalue weighted by Gasteiger charge is -2.11. The number of benzene rings is 1. The van der Waals surface area contributed by atoms with Crippen molar-refractivity contribution >= 4 is 23.2 Å². The van der Waals surface area contributed by atoms with Gasteiger partial charge in [-0.2, -0.15) is 13.9 Å². The minimum atomic E-state index is -3.09. The van der Waals surface area contributed by atoms with Gasteiger partial charge in [0.25, 0.3) is 5.91 Å². The van der Waals surface area contributed by atoms with Gasteiger partial charge in [0, 0.05) is 17.4 Å². The lowest BCUT2D eigenvalue weighted by atomic mass is 10.2. The maximum Gasteiger partial charge on any atom is 0.315 e. The molecule has 0 aliphatic rings. The van der Waals surface area contributed by atoms with E-state index in [0.717, 1.165) is 0 Å². The molecule has 0 atom stereocenters. The lowest BCUT2D eigenvalue weighted by Crippen LogP contribution is -2.21. The van der Waals surface area contributed by atoms with Crippen LogP contribution in [0.3, 0.4) is 0 Å². The van der Waals surface area contributed by atoms with Gasteiger partial charge in [-0.1, -0.05) is 11.6 Å². The summed E-state index contributed by atoms with van der Waals surface area (Å²) in [6, 6.07) is 6.22. The highest BCUT2D eigenvalue weighted by Gasteiger charge is 2.17. The van der Waals surface area contributed by atoms with Crippen LogP contribution in [0.4, 0.5) is 14.5 Å². The van der Waals surface area contributed by atoms with Crippen molar-refractivity contribution in [3.8, 4) is 5.69 Å². The molecule has 0 fully saturated rings. The number of aromatic nitrogens is 2. The van der Waals surface area contributed by atoms with E-state index in [-0.39, 0.29) is 5.69 Å². The van der Waals surface area contributed by atoms with Crippen LogP contribution in [0.25, 0.3) is 5.69 Å². The van der Waals surface area contributed by atoms with E-state index in [9.17, 15) is 13.6 Å². The van der Waals surface area contributed by atoms with Crippen LogP contribution in [-0.4, -0.2) is 22.1 Å². The molecule has 0 spiro atoms. The summed E-state index contributed by atoms with van der Waals surface area (Å²) in [7, 11) is 0. The Balaban J connectivity index is 2.39. The van der Waals surface area contributed by atoms with Crippen LogP contribution in [-0.2, 0) is 4.79 Å². The number of nitrogens with one attached hydrogen (secondary N) is 1. The quantitative estimate of drug-likeness (QED) is 0.933. The number of rotatable bonds is 3. The van der Waals surface area contributed by atoms with Gasteiger partial charge in [0.15, 0.2) is 0 Å². The Labute approximate surface area is 106 Å². The number of hydrogen-bond donors (Lipinski definition) is 1. The fraction of sp³-hybridized carbons (Fsp3) is 0.0909. The van der Waals surface area contributed by atoms with Gasteiger partial charge in [-0.25, -0.2) is 4.68 Å². The summed E-state index contributed by atoms with van der Waals surface area (Å²) in [5.41, 5.74) is 0.634. The minimum Gasteiger partial charge on any atom is -0.319 e. The van der Waals surface area contributed by atoms with Crippen LogP contribution in [0.1, 0.15) is 0 Å². The third-order valence-electron chi connectivity index (χ3n) is 2.17. The van der Waals surface area contributed by atoms with Crippen LogP contribution in [0.2, 0.25) is 5.02 Å². The van der Waals surface area contributed by atoms with E-state index < -0.39 is 12.3 Å². The highest BCUT2D eigenvalue weighted by molar-refractivity contribution is 6.31. The summed E-state index contributed by atoms with van der Waals surface area (Å²) in [6.07, 6.45) is 0.0728. The molecule has 1 amide bonds. The molecular formula is C11H8ClF2N3O. The van der Waals surface area contributed by atoms with Crippen molar-refractivity contribution in [1.82, 2.24) is 9.78 Å². The Kier molecular flexibility index (Phi) is 3.57. The fourth-order valence-electron chi connectivity index (χ4n) is 1.41. The zero-order valence-electron chi connectivity index (χ0n) is 8.98. The normalized spacial score (nSPS) is 10.7. The van der Waals surface area contributed by atoms with Crippen molar-refractivity contribution in [2.24, 2.45) is 0 Å². The molecule has 0 bridgehead atoms. The molecule has 1 heterocycles. The van der Waals surface area contributed by atoms with Crippen molar-refractivity contribution in [2.75, 3.05) is 5.32 Å². The van der Waals surface area contributed by atoms with Gasteiger partial charge in [0.2, 0.25) is 0 Å². The molecule has 0 aliphatic heterocycles. The average Bonchev–Trinajstić information content (AvgIpc) is 2.82. The first-order valence-electron chi connectivity index (χ1n) is 4.96. The van der Waals surface area contributed by atoms with Crippen LogP contribution in [0.5, 0.6) is 0 Å². The maximum atomic E-state index is 12.2. The van der Waals surface area contributed by atoms with Gasteiger partial charge in [-0.3, -0.25) is 4.79 Å². The first-order chi connectivity index (χ1) is 8.58. The predicted octanol–water partition coefficient (Wildman–Crippen LogP) is 2.73. The topological polar surface area (TPSA) is 46.9 Å². The Morgan fingerprint density at radius 2 is 2.22 bits per heavy atom. The van der Waals surface area contributed by atoms with Crippen LogP contribution < -0.4 is 5.32 Å². The first kappa shape index (κ1) is 12.5. The van der Waals surface area contributed by atoms with Crippen molar-refractivity contribution in [3.05, 3.63) is 41.7 Å². The molecule has 7 heteroatoms. The second kappa shape index (κ2) is 5.14. The van der Waals surface area contributed by atoms with Gasteiger partial charge >= 0.3 is 6.43 Å². The number of amides is 1. The highest BCUT2D eigenvalue weighted by atomic mass is 35.5. The van der Waals surface area contributed by atoms with Crippen molar-refractivity contribution in [3.63, 3.8) is 0 Å². The second-order valence-corrected chi connectivity index (χ2v) is 3.84. The summed E-state index contributed by atoms with van der Waals surface area (Å²) in [4.78, 5) is 11.0. The molecule has 4 nitrogen and oxygen atoms in total. The van der Waals surface area contributed by atoms with E-state index in [1.54, 1.807) is 24.4 Å². The van der Waals surface area contributed by atoms with E-state index in [1.165, 1.54) is 16.9 Å². The van der Waals surface area contributed by atoms with E-state index in [0.29, 0.717) is 10.7 Å². The van der Waals surface area contributed by atoms with Crippen molar-refractivity contribution < 1.29 is 13.6 Å². The standard InChI is InChI=1S/C11H8ClF2N3O/c12-7-2-3-9(17-5-1-4-15-17)8(6-7)16-11(18)10(13)14/h1-6,10H,(H,16,18). The van der Waals surface area contributed by atoms with Crippen LogP contribution in [0.15, 0.2) is 36.7 Å². The Bertz CT molecular complexity index is 557. The van der Waals surface area contributed by atoms with Gasteiger partial charge < -0.3 is 5.32 Å². The number of nitrogens with zero attached hydrogens (tertiary/aromatic N) is 2. The van der Waals surface area contributed by atoms with Gasteiger partial charge in [0.05, 0.1) is 11.4 Å². The molecule has 0 saturated heterocycles. The van der Waals surface area contributed by atoms with E-state index >= 15 is 0 Å². The number of anilines is 1. The summed E-state index contributed by atoms with van der Waals surface area (Å²) in [5, 5.41) is 6.40. The summed E-state index contributed by atoms with van der Waals surface area (Å²) < 4.78 is 25.9. The van der Waals surface area contributed by atoms with Crippen LogP contribution in [0, 0.1) is 0 Å². The monoisotopic (exact) mass is 271 g/mol. The third kappa shape index (κ3) is 2.65. The summed E-state index contributed by atoms with van der Waals surface area (Å²) in [5.74, 6) is -1.38. The molecule has 0 radical (unpaired) electrons. The Morgan fingerprint density at radius 3 is 2.83 bits per heavy atom. The second-order valence-electron chi connectivity index (χ2n) is 3.40. The lowest BCUT2D eigenvalue weighted by molar-refractivity contribution is -0.126. The number of hydrogen-bond acceptors (Lipinski definition) is 2. The Morgan fingerprint density at radius 1 is 1.44 bits per heavy atom. The molecule has 1 aromatic heterocycles. The molecule has 2 aromatic rings. The van der Waals surface area contributed by atoms with Gasteiger partial charge in [0.1, 0.15) is 0 Å². The molecule has 0 unspecified atom stereocenters. The molecule has 1 aromatic carbocycles. The maximum absolute atomic E-state index is 12.2. The molecule has 94 valence electrons. The minimum absolute atomic E-state index is 0.177. The smallest absolute Gasteiger partial charge is 0.315 e. The largest absolute Gasteiger partial charge is 0.319 e. The molecule has 0 saturated carbocycles. The molecule has 0 aliphatic carbocycles. The highest BCUT2D eigenvalue weighted by Crippen LogP contribution is 2.24. The van der Waals surface area contributed by atoms with E-state index in [1.807, 2.05) is 0 Å². The summed E-state index contributed by atoms with van der Waals surface area (Å²) in [6.45, 7) is 0. The third-order valence-corrected chi connectivity index (χ3v) is 2.40. The molecule has 18 heavy (non-hydrogen) atoms. The molecular weight excluding hydrogens is 264 g/mol. The number of halogens is 3. The first-order valence-corrected chi connectivity index (χ1v) is 5.34. The Hall–Kier alpha value is -1.95. The van der Waals surface area contributed by atoms with Crippen molar-refractivity contribution in [1.29, 1.82) is 0 Å². The molecule has 1 N–H and O–H groups in total. The predicted molar refractivity (Wildman–Crippen MR) is 63.2 cm³/mol. The average molecular weight is 272 g/mol. The SMILES string of the molecule is O=C(Nc1cc(Cl)ccc1-n1cccn1)C(F)F.